The van der Waals surface area contributed by atoms with Gasteiger partial charge in [-0.2, -0.15) is 0 Å². The van der Waals surface area contributed by atoms with Crippen molar-refractivity contribution in [3.8, 4) is 22.4 Å². The number of benzene rings is 2. The molecule has 0 saturated heterocycles. The molecule has 0 aliphatic heterocycles. The lowest BCUT2D eigenvalue weighted by atomic mass is 9.87. The number of carboxylic acids is 1. The van der Waals surface area contributed by atoms with Crippen LogP contribution >= 0.6 is 0 Å². The van der Waals surface area contributed by atoms with Crippen LogP contribution in [-0.2, 0) is 6.42 Å². The normalized spacial score (nSPS) is 12.8. The third-order valence-electron chi connectivity index (χ3n) is 5.95. The quantitative estimate of drug-likeness (QED) is 0.403. The van der Waals surface area contributed by atoms with Crippen molar-refractivity contribution in [2.75, 3.05) is 5.84 Å². The molecule has 5 nitrogen and oxygen atoms in total. The van der Waals surface area contributed by atoms with E-state index in [4.69, 9.17) is 5.84 Å². The van der Waals surface area contributed by atoms with Crippen LogP contribution in [0.1, 0.15) is 46.9 Å². The summed E-state index contributed by atoms with van der Waals surface area (Å²) in [6.45, 7) is 4.21. The highest BCUT2D eigenvalue weighted by Crippen LogP contribution is 2.44. The van der Waals surface area contributed by atoms with Crippen molar-refractivity contribution in [2.45, 2.75) is 26.2 Å². The Morgan fingerprint density at radius 2 is 1.90 bits per heavy atom. The number of carboxylic acid groups (broad SMARTS) is 1. The van der Waals surface area contributed by atoms with Gasteiger partial charge in [-0.1, -0.05) is 56.3 Å². The summed E-state index contributed by atoms with van der Waals surface area (Å²) in [4.78, 5) is 15.6. The molecule has 2 heterocycles. The number of aromatic nitrogens is 2. The number of allylic oxidation sites excluding steroid dienone is 1. The first kappa shape index (κ1) is 18.3. The van der Waals surface area contributed by atoms with Gasteiger partial charge in [0.15, 0.2) is 0 Å². The Hall–Kier alpha value is -3.73. The second kappa shape index (κ2) is 6.66. The Bertz CT molecular complexity index is 1340. The smallest absolute Gasteiger partial charge is 0.352 e. The minimum Gasteiger partial charge on any atom is -0.477 e. The van der Waals surface area contributed by atoms with Crippen LogP contribution < -0.4 is 5.84 Å². The zero-order valence-corrected chi connectivity index (χ0v) is 16.9. The Balaban J connectivity index is 1.87. The third-order valence-corrected chi connectivity index (χ3v) is 5.95. The first-order chi connectivity index (χ1) is 14.5. The van der Waals surface area contributed by atoms with Crippen LogP contribution in [0.5, 0.6) is 0 Å². The lowest BCUT2D eigenvalue weighted by Crippen LogP contribution is -2.04. The summed E-state index contributed by atoms with van der Waals surface area (Å²) in [5, 5.41) is 11.1. The number of rotatable bonds is 4. The van der Waals surface area contributed by atoms with Crippen LogP contribution in [0.4, 0.5) is 0 Å². The first-order valence-corrected chi connectivity index (χ1v) is 10.1. The van der Waals surface area contributed by atoms with E-state index in [1.54, 1.807) is 4.68 Å². The monoisotopic (exact) mass is 397 g/mol. The Labute approximate surface area is 174 Å². The molecule has 150 valence electrons. The lowest BCUT2D eigenvalue weighted by molar-refractivity contribution is 0.0692. The average Bonchev–Trinajstić information content (AvgIpc) is 3.44. The number of carbonyl (C=O) groups is 1. The number of nitrogen functional groups attached to an aromatic ring is 1. The van der Waals surface area contributed by atoms with Gasteiger partial charge in [-0.15, -0.1) is 0 Å². The predicted octanol–water partition coefficient (Wildman–Crippen LogP) is 5.41. The van der Waals surface area contributed by atoms with E-state index in [9.17, 15) is 9.90 Å². The lowest BCUT2D eigenvalue weighted by Gasteiger charge is -2.15. The zero-order chi connectivity index (χ0) is 21.0. The molecule has 5 heteroatoms. The molecular weight excluding hydrogens is 374 g/mol. The number of nitrogens with two attached hydrogens (primary N) is 1. The van der Waals surface area contributed by atoms with E-state index in [1.165, 1.54) is 5.56 Å². The molecule has 4 aromatic rings. The molecule has 0 amide bonds. The highest BCUT2D eigenvalue weighted by molar-refractivity contribution is 6.03. The van der Waals surface area contributed by atoms with Crippen LogP contribution in [0.2, 0.25) is 0 Å². The highest BCUT2D eigenvalue weighted by atomic mass is 16.4. The minimum atomic E-state index is -0.957. The van der Waals surface area contributed by atoms with Gasteiger partial charge in [0.2, 0.25) is 0 Å². The van der Waals surface area contributed by atoms with E-state index in [0.717, 1.165) is 50.8 Å². The van der Waals surface area contributed by atoms with Crippen molar-refractivity contribution < 1.29 is 9.90 Å². The van der Waals surface area contributed by atoms with Crippen molar-refractivity contribution in [3.63, 3.8) is 0 Å². The summed E-state index contributed by atoms with van der Waals surface area (Å²) in [6, 6.07) is 14.0. The number of nitrogens with zero attached hydrogens (tertiary/aromatic N) is 1. The van der Waals surface area contributed by atoms with E-state index in [0.29, 0.717) is 0 Å². The number of H-pyrrole nitrogens is 1. The van der Waals surface area contributed by atoms with Gasteiger partial charge in [0.25, 0.3) is 0 Å². The maximum Gasteiger partial charge on any atom is 0.352 e. The zero-order valence-electron chi connectivity index (χ0n) is 16.9. The molecule has 0 radical (unpaired) electrons. The summed E-state index contributed by atoms with van der Waals surface area (Å²) in [6.07, 6.45) is 6.92. The molecule has 2 aromatic carbocycles. The van der Waals surface area contributed by atoms with E-state index in [-0.39, 0.29) is 11.6 Å². The fourth-order valence-electron chi connectivity index (χ4n) is 4.66. The summed E-state index contributed by atoms with van der Waals surface area (Å²) < 4.78 is 1.59. The molecule has 0 unspecified atom stereocenters. The van der Waals surface area contributed by atoms with E-state index < -0.39 is 5.97 Å². The van der Waals surface area contributed by atoms with Crippen LogP contribution in [0.15, 0.2) is 54.7 Å². The van der Waals surface area contributed by atoms with Crippen LogP contribution in [0, 0.1) is 0 Å². The Kier molecular flexibility index (Phi) is 4.07. The molecule has 4 N–H and O–H groups in total. The van der Waals surface area contributed by atoms with Crippen LogP contribution in [0.25, 0.3) is 39.4 Å². The standard InChI is InChI=1S/C25H23N3O2/c1-14(2)21-22(18-9-4-7-15-6-3-8-16(15)18)24(25(29)30)27-23(21)19-10-5-11-20-17(19)12-13-28(20)26/h3-5,7-14,27H,6,26H2,1-2H3,(H,29,30). The van der Waals surface area contributed by atoms with E-state index >= 15 is 0 Å². The van der Waals surface area contributed by atoms with Crippen molar-refractivity contribution in [2.24, 2.45) is 0 Å². The molecule has 0 fully saturated rings. The van der Waals surface area contributed by atoms with Crippen LogP contribution in [-0.4, -0.2) is 20.7 Å². The van der Waals surface area contributed by atoms with E-state index in [1.807, 2.05) is 42.6 Å². The number of hydrogen-bond acceptors (Lipinski definition) is 2. The molecule has 0 atom stereocenters. The van der Waals surface area contributed by atoms with Gasteiger partial charge in [0.1, 0.15) is 5.69 Å². The summed E-state index contributed by atoms with van der Waals surface area (Å²) in [7, 11) is 0. The fourth-order valence-corrected chi connectivity index (χ4v) is 4.66. The average molecular weight is 397 g/mol. The molecule has 0 bridgehead atoms. The van der Waals surface area contributed by atoms with Gasteiger partial charge in [-0.05, 0) is 46.7 Å². The Morgan fingerprint density at radius 1 is 1.13 bits per heavy atom. The van der Waals surface area contributed by atoms with Gasteiger partial charge in [-0.25, -0.2) is 4.79 Å². The van der Waals surface area contributed by atoms with Gasteiger partial charge >= 0.3 is 5.97 Å². The summed E-state index contributed by atoms with van der Waals surface area (Å²) in [5.41, 5.74) is 8.02. The fraction of sp³-hybridized carbons (Fsp3) is 0.160. The number of hydrogen-bond donors (Lipinski definition) is 3. The maximum absolute atomic E-state index is 12.3. The Morgan fingerprint density at radius 3 is 2.67 bits per heavy atom. The van der Waals surface area contributed by atoms with Crippen molar-refractivity contribution in [1.29, 1.82) is 0 Å². The van der Waals surface area contributed by atoms with Crippen LogP contribution in [0.3, 0.4) is 0 Å². The van der Waals surface area contributed by atoms with Crippen molar-refractivity contribution in [1.82, 2.24) is 9.66 Å². The molecule has 0 saturated carbocycles. The third kappa shape index (κ3) is 2.59. The minimum absolute atomic E-state index is 0.121. The van der Waals surface area contributed by atoms with Gasteiger partial charge in [0.05, 0.1) is 11.2 Å². The van der Waals surface area contributed by atoms with Gasteiger partial charge in [-0.3, -0.25) is 4.68 Å². The molecule has 5 rings (SSSR count). The molecule has 30 heavy (non-hydrogen) atoms. The number of aromatic carboxylic acids is 1. The predicted molar refractivity (Wildman–Crippen MR) is 121 cm³/mol. The number of nitrogens with one attached hydrogen (secondary N) is 1. The molecular formula is C25H23N3O2. The highest BCUT2D eigenvalue weighted by Gasteiger charge is 2.28. The number of aromatic amines is 1. The molecule has 1 aliphatic rings. The molecule has 0 spiro atoms. The van der Waals surface area contributed by atoms with Gasteiger partial charge in [0, 0.05) is 22.7 Å². The second-order valence-electron chi connectivity index (χ2n) is 8.07. The maximum atomic E-state index is 12.3. The topological polar surface area (TPSA) is 84.0 Å². The first-order valence-electron chi connectivity index (χ1n) is 10.1. The van der Waals surface area contributed by atoms with Gasteiger partial charge < -0.3 is 15.9 Å². The van der Waals surface area contributed by atoms with E-state index in [2.05, 4.69) is 37.0 Å². The largest absolute Gasteiger partial charge is 0.477 e. The second-order valence-corrected chi connectivity index (χ2v) is 8.07. The van der Waals surface area contributed by atoms with Crippen molar-refractivity contribution in [3.05, 3.63) is 77.1 Å². The number of fused-ring (bicyclic) bond motifs is 2. The van der Waals surface area contributed by atoms with Crippen molar-refractivity contribution >= 4 is 22.9 Å². The molecule has 1 aliphatic carbocycles. The summed E-state index contributed by atoms with van der Waals surface area (Å²) >= 11 is 0. The SMILES string of the molecule is CC(C)c1c(-c2cccc3c2ccn3N)[nH]c(C(=O)O)c1-c1cccc2c1C=CC2. The molecule has 2 aromatic heterocycles. The summed E-state index contributed by atoms with van der Waals surface area (Å²) in [5.74, 6) is 5.23.